The molecule has 0 unspecified atom stereocenters. The van der Waals surface area contributed by atoms with Crippen LogP contribution in [0.25, 0.3) is 5.69 Å². The van der Waals surface area contributed by atoms with Crippen molar-refractivity contribution in [2.24, 2.45) is 0 Å². The van der Waals surface area contributed by atoms with Gasteiger partial charge in [-0.15, -0.1) is 0 Å². The molecule has 0 amide bonds. The maximum atomic E-state index is 6.17. The van der Waals surface area contributed by atoms with Crippen molar-refractivity contribution in [2.75, 3.05) is 4.90 Å². The van der Waals surface area contributed by atoms with E-state index in [0.717, 1.165) is 17.1 Å². The number of thiocarbonyl (C=S) groups is 1. The van der Waals surface area contributed by atoms with Crippen molar-refractivity contribution in [3.8, 4) is 5.69 Å². The van der Waals surface area contributed by atoms with E-state index >= 15 is 0 Å². The van der Waals surface area contributed by atoms with Gasteiger partial charge in [0.05, 0.1) is 17.8 Å². The van der Waals surface area contributed by atoms with Crippen molar-refractivity contribution in [3.63, 3.8) is 0 Å². The minimum Gasteiger partial charge on any atom is -0.351 e. The topological polar surface area (TPSA) is 33.1 Å². The monoisotopic (exact) mass is 458 g/mol. The van der Waals surface area contributed by atoms with Gasteiger partial charge in [-0.2, -0.15) is 0 Å². The second-order valence-corrected chi connectivity index (χ2v) is 8.79. The Morgan fingerprint density at radius 2 is 1.62 bits per heavy atom. The zero-order valence-corrected chi connectivity index (χ0v) is 19.4. The molecule has 0 aliphatic carbocycles. The zero-order valence-electron chi connectivity index (χ0n) is 17.9. The van der Waals surface area contributed by atoms with E-state index in [1.165, 1.54) is 17.0 Å². The minimum absolute atomic E-state index is 0.0535. The predicted molar refractivity (Wildman–Crippen MR) is 135 cm³/mol. The maximum Gasteiger partial charge on any atom is 0.174 e. The van der Waals surface area contributed by atoms with Gasteiger partial charge in [0.2, 0.25) is 0 Å². The van der Waals surface area contributed by atoms with Crippen LogP contribution in [0.5, 0.6) is 0 Å². The van der Waals surface area contributed by atoms with Crippen molar-refractivity contribution < 1.29 is 0 Å². The first kappa shape index (κ1) is 20.7. The fraction of sp³-hybridized carbons (Fsp3) is 0.154. The summed E-state index contributed by atoms with van der Waals surface area (Å²) in [5, 5.41) is 4.91. The summed E-state index contributed by atoms with van der Waals surface area (Å²) in [7, 11) is 0. The Hall–Kier alpha value is -3.15. The van der Waals surface area contributed by atoms with E-state index in [2.05, 4.69) is 70.0 Å². The van der Waals surface area contributed by atoms with Crippen LogP contribution in [0.15, 0.2) is 85.1 Å². The predicted octanol–water partition coefficient (Wildman–Crippen LogP) is 6.32. The number of nitrogens with one attached hydrogen (secondary N) is 1. The van der Waals surface area contributed by atoms with Gasteiger partial charge in [-0.1, -0.05) is 35.9 Å². The molecule has 1 saturated heterocycles. The number of hydrogen-bond acceptors (Lipinski definition) is 2. The standard InChI is InChI=1S/C26H23ClN4S/c1-17-16-22(18(2)30(17)20-8-4-3-5-9-20)25-24(23-10-6-7-15-28-23)29-26(32)31(25)21-13-11-19(27)12-14-21/h3-16,24-25H,1-2H3,(H,29,32)/t24-,25-/m0/s1. The number of pyridine rings is 1. The lowest BCUT2D eigenvalue weighted by Crippen LogP contribution is -2.29. The average molecular weight is 459 g/mol. The number of aromatic nitrogens is 2. The SMILES string of the molecule is Cc1cc([C@H]2[C@H](c3ccccn3)NC(=S)N2c2ccc(Cl)cc2)c(C)n1-c1ccccc1. The van der Waals surface area contributed by atoms with Gasteiger partial charge in [-0.3, -0.25) is 4.98 Å². The number of para-hydroxylation sites is 1. The Kier molecular flexibility index (Phi) is 5.45. The number of halogens is 1. The molecule has 2 atom stereocenters. The van der Waals surface area contributed by atoms with Gasteiger partial charge in [0.1, 0.15) is 0 Å². The van der Waals surface area contributed by atoms with Crippen LogP contribution in [-0.2, 0) is 0 Å². The van der Waals surface area contributed by atoms with Crippen molar-refractivity contribution in [1.82, 2.24) is 14.9 Å². The summed E-state index contributed by atoms with van der Waals surface area (Å²) in [5.74, 6) is 0. The van der Waals surface area contributed by atoms with E-state index < -0.39 is 0 Å². The van der Waals surface area contributed by atoms with Crippen molar-refractivity contribution in [2.45, 2.75) is 25.9 Å². The van der Waals surface area contributed by atoms with Crippen molar-refractivity contribution in [1.29, 1.82) is 0 Å². The molecule has 1 aliphatic rings. The Bertz CT molecular complexity index is 1250. The quantitative estimate of drug-likeness (QED) is 0.363. The summed E-state index contributed by atoms with van der Waals surface area (Å²) in [4.78, 5) is 6.84. The van der Waals surface area contributed by atoms with Gasteiger partial charge >= 0.3 is 0 Å². The summed E-state index contributed by atoms with van der Waals surface area (Å²) in [6.07, 6.45) is 1.83. The smallest absolute Gasteiger partial charge is 0.174 e. The summed E-state index contributed by atoms with van der Waals surface area (Å²) in [5.41, 5.74) is 6.68. The highest BCUT2D eigenvalue weighted by atomic mass is 35.5. The molecule has 0 saturated carbocycles. The van der Waals surface area contributed by atoms with Crippen LogP contribution in [-0.4, -0.2) is 14.7 Å². The molecule has 0 spiro atoms. The summed E-state index contributed by atoms with van der Waals surface area (Å²) in [6, 6.07) is 26.4. The second kappa shape index (κ2) is 8.41. The highest BCUT2D eigenvalue weighted by Crippen LogP contribution is 2.43. The van der Waals surface area contributed by atoms with Crippen LogP contribution in [0.1, 0.15) is 34.7 Å². The van der Waals surface area contributed by atoms with Crippen molar-refractivity contribution >= 4 is 34.6 Å². The molecule has 0 bridgehead atoms. The van der Waals surface area contributed by atoms with Gasteiger partial charge in [0.15, 0.2) is 5.11 Å². The molecule has 0 radical (unpaired) electrons. The van der Waals surface area contributed by atoms with Crippen LogP contribution >= 0.6 is 23.8 Å². The maximum absolute atomic E-state index is 6.17. The number of aryl methyl sites for hydroxylation is 1. The van der Waals surface area contributed by atoms with Gasteiger partial charge in [0, 0.05) is 34.0 Å². The van der Waals surface area contributed by atoms with E-state index in [9.17, 15) is 0 Å². The first-order valence-corrected chi connectivity index (χ1v) is 11.3. The molecule has 2 aromatic carbocycles. The molecule has 1 fully saturated rings. The Morgan fingerprint density at radius 3 is 2.31 bits per heavy atom. The normalized spacial score (nSPS) is 18.1. The van der Waals surface area contributed by atoms with Gasteiger partial charge in [-0.25, -0.2) is 0 Å². The molecule has 6 heteroatoms. The molecule has 1 N–H and O–H groups in total. The van der Waals surface area contributed by atoms with Crippen LogP contribution in [0.2, 0.25) is 5.02 Å². The van der Waals surface area contributed by atoms with Gasteiger partial charge in [0.25, 0.3) is 0 Å². The van der Waals surface area contributed by atoms with Crippen LogP contribution in [0.3, 0.4) is 0 Å². The van der Waals surface area contributed by atoms with E-state index in [1.54, 1.807) is 0 Å². The molecule has 4 nitrogen and oxygen atoms in total. The van der Waals surface area contributed by atoms with Crippen LogP contribution < -0.4 is 10.2 Å². The van der Waals surface area contributed by atoms with Crippen molar-refractivity contribution in [3.05, 3.63) is 113 Å². The zero-order chi connectivity index (χ0) is 22.2. The molecule has 3 heterocycles. The fourth-order valence-electron chi connectivity index (χ4n) is 4.61. The highest BCUT2D eigenvalue weighted by molar-refractivity contribution is 7.80. The van der Waals surface area contributed by atoms with Crippen LogP contribution in [0, 0.1) is 13.8 Å². The third-order valence-electron chi connectivity index (χ3n) is 6.01. The Morgan fingerprint density at radius 1 is 0.906 bits per heavy atom. The fourth-order valence-corrected chi connectivity index (χ4v) is 5.08. The number of nitrogens with zero attached hydrogens (tertiary/aromatic N) is 3. The van der Waals surface area contributed by atoms with Gasteiger partial charge in [-0.05, 0) is 86.2 Å². The van der Waals surface area contributed by atoms with Crippen LogP contribution in [0.4, 0.5) is 5.69 Å². The first-order chi connectivity index (χ1) is 15.5. The van der Waals surface area contributed by atoms with E-state index in [0.29, 0.717) is 10.1 Å². The molecule has 160 valence electrons. The van der Waals surface area contributed by atoms with E-state index in [4.69, 9.17) is 23.8 Å². The first-order valence-electron chi connectivity index (χ1n) is 10.5. The summed E-state index contributed by atoms with van der Waals surface area (Å²) in [6.45, 7) is 4.32. The molecule has 2 aromatic heterocycles. The molecule has 1 aliphatic heterocycles. The number of rotatable bonds is 4. The number of benzene rings is 2. The molecular formula is C26H23ClN4S. The minimum atomic E-state index is -0.0795. The lowest BCUT2D eigenvalue weighted by atomic mass is 9.96. The third kappa shape index (κ3) is 3.57. The lowest BCUT2D eigenvalue weighted by Gasteiger charge is -2.28. The molecule has 4 aromatic rings. The van der Waals surface area contributed by atoms with Gasteiger partial charge < -0.3 is 14.8 Å². The average Bonchev–Trinajstić information content (AvgIpc) is 3.31. The number of hydrogen-bond donors (Lipinski definition) is 1. The highest BCUT2D eigenvalue weighted by Gasteiger charge is 2.42. The summed E-state index contributed by atoms with van der Waals surface area (Å²) < 4.78 is 2.30. The largest absolute Gasteiger partial charge is 0.351 e. The van der Waals surface area contributed by atoms with E-state index in [-0.39, 0.29) is 12.1 Å². The Labute approximate surface area is 198 Å². The van der Waals surface area contributed by atoms with E-state index in [1.807, 2.05) is 48.7 Å². The lowest BCUT2D eigenvalue weighted by molar-refractivity contribution is 0.565. The molecular weight excluding hydrogens is 436 g/mol. The third-order valence-corrected chi connectivity index (χ3v) is 6.57. The Balaban J connectivity index is 1.68. The second-order valence-electron chi connectivity index (χ2n) is 7.97. The number of anilines is 1. The molecule has 5 rings (SSSR count). The summed E-state index contributed by atoms with van der Waals surface area (Å²) >= 11 is 12.0. The molecule has 32 heavy (non-hydrogen) atoms.